The van der Waals surface area contributed by atoms with Gasteiger partial charge >= 0.3 is 0 Å². The highest BCUT2D eigenvalue weighted by molar-refractivity contribution is 5.21. The van der Waals surface area contributed by atoms with Crippen molar-refractivity contribution in [3.63, 3.8) is 0 Å². The van der Waals surface area contributed by atoms with Crippen LogP contribution < -0.4 is 4.74 Å². The van der Waals surface area contributed by atoms with Gasteiger partial charge in [0.1, 0.15) is 24.3 Å². The number of aliphatic hydroxyl groups is 1. The Morgan fingerprint density at radius 1 is 1.04 bits per heavy atom. The molecule has 0 fully saturated rings. The smallest absolute Gasteiger partial charge is 0.127 e. The number of halogens is 1. The van der Waals surface area contributed by atoms with Crippen molar-refractivity contribution in [2.24, 2.45) is 0 Å². The second kappa shape index (κ2) is 8.65. The highest BCUT2D eigenvalue weighted by atomic mass is 19.1. The molecule has 2 rings (SSSR count). The van der Waals surface area contributed by atoms with Gasteiger partial charge in [-0.2, -0.15) is 0 Å². The maximum absolute atomic E-state index is 13.8. The zero-order valence-corrected chi connectivity index (χ0v) is 13.7. The molecule has 124 valence electrons. The summed E-state index contributed by atoms with van der Waals surface area (Å²) in [4.78, 5) is 2.04. The monoisotopic (exact) mass is 317 g/mol. The standard InChI is InChI=1S/C19H24FNO2/c1-15(2)21(12-16-8-6-7-11-19(16)20)13-17(22)14-23-18-9-4-3-5-10-18/h3-11,15,17,22H,12-14H2,1-2H3/t17-/m1/s1. The fourth-order valence-corrected chi connectivity index (χ4v) is 2.34. The summed E-state index contributed by atoms with van der Waals surface area (Å²) in [6, 6.07) is 16.3. The minimum absolute atomic E-state index is 0.195. The maximum Gasteiger partial charge on any atom is 0.127 e. The lowest BCUT2D eigenvalue weighted by Gasteiger charge is -2.29. The van der Waals surface area contributed by atoms with Crippen LogP contribution in [0.15, 0.2) is 54.6 Å². The lowest BCUT2D eigenvalue weighted by atomic mass is 10.1. The molecule has 2 aromatic carbocycles. The zero-order valence-electron chi connectivity index (χ0n) is 13.7. The number of benzene rings is 2. The van der Waals surface area contributed by atoms with Crippen LogP contribution in [-0.2, 0) is 6.54 Å². The molecule has 0 unspecified atom stereocenters. The second-order valence-electron chi connectivity index (χ2n) is 5.89. The number of hydrogen-bond donors (Lipinski definition) is 1. The summed E-state index contributed by atoms with van der Waals surface area (Å²) < 4.78 is 19.4. The van der Waals surface area contributed by atoms with Crippen LogP contribution in [-0.4, -0.2) is 35.3 Å². The van der Waals surface area contributed by atoms with E-state index in [2.05, 4.69) is 0 Å². The third-order valence-corrected chi connectivity index (χ3v) is 3.69. The Morgan fingerprint density at radius 3 is 2.35 bits per heavy atom. The van der Waals surface area contributed by atoms with Crippen LogP contribution in [0, 0.1) is 5.82 Å². The second-order valence-corrected chi connectivity index (χ2v) is 5.89. The van der Waals surface area contributed by atoms with Crippen molar-refractivity contribution in [2.45, 2.75) is 32.5 Å². The van der Waals surface area contributed by atoms with Crippen LogP contribution in [0.25, 0.3) is 0 Å². The van der Waals surface area contributed by atoms with E-state index in [0.717, 1.165) is 5.75 Å². The average molecular weight is 317 g/mol. The van der Waals surface area contributed by atoms with E-state index in [4.69, 9.17) is 4.74 Å². The van der Waals surface area contributed by atoms with Gasteiger partial charge < -0.3 is 9.84 Å². The largest absolute Gasteiger partial charge is 0.491 e. The third kappa shape index (κ3) is 5.66. The van der Waals surface area contributed by atoms with Crippen molar-refractivity contribution < 1.29 is 14.2 Å². The van der Waals surface area contributed by atoms with E-state index < -0.39 is 6.10 Å². The molecule has 0 aliphatic rings. The third-order valence-electron chi connectivity index (χ3n) is 3.69. The molecule has 0 saturated heterocycles. The molecule has 0 saturated carbocycles. The molecule has 0 spiro atoms. The van der Waals surface area contributed by atoms with Crippen molar-refractivity contribution in [1.29, 1.82) is 0 Å². The Morgan fingerprint density at radius 2 is 1.70 bits per heavy atom. The first-order chi connectivity index (χ1) is 11.1. The van der Waals surface area contributed by atoms with Crippen LogP contribution in [0.4, 0.5) is 4.39 Å². The number of rotatable bonds is 8. The molecule has 1 atom stereocenters. The quantitative estimate of drug-likeness (QED) is 0.809. The van der Waals surface area contributed by atoms with E-state index in [1.165, 1.54) is 6.07 Å². The van der Waals surface area contributed by atoms with Crippen molar-refractivity contribution >= 4 is 0 Å². The fraction of sp³-hybridized carbons (Fsp3) is 0.368. The molecule has 0 heterocycles. The molecule has 0 amide bonds. The molecule has 0 radical (unpaired) electrons. The normalized spacial score (nSPS) is 12.6. The molecule has 0 bridgehead atoms. The predicted octanol–water partition coefficient (Wildman–Crippen LogP) is 3.48. The number of para-hydroxylation sites is 1. The molecular weight excluding hydrogens is 293 g/mol. The average Bonchev–Trinajstić information content (AvgIpc) is 2.55. The van der Waals surface area contributed by atoms with E-state index >= 15 is 0 Å². The first kappa shape index (κ1) is 17.4. The van der Waals surface area contributed by atoms with Gasteiger partial charge in [0.15, 0.2) is 0 Å². The lowest BCUT2D eigenvalue weighted by molar-refractivity contribution is 0.0539. The van der Waals surface area contributed by atoms with Crippen molar-refractivity contribution in [3.05, 3.63) is 66.0 Å². The van der Waals surface area contributed by atoms with E-state index in [-0.39, 0.29) is 18.5 Å². The molecular formula is C19H24FNO2. The first-order valence-corrected chi connectivity index (χ1v) is 7.89. The maximum atomic E-state index is 13.8. The van der Waals surface area contributed by atoms with Gasteiger partial charge in [-0.1, -0.05) is 36.4 Å². The number of ether oxygens (including phenoxy) is 1. The van der Waals surface area contributed by atoms with E-state index in [1.54, 1.807) is 12.1 Å². The zero-order chi connectivity index (χ0) is 16.7. The Kier molecular flexibility index (Phi) is 6.56. The van der Waals surface area contributed by atoms with Gasteiger partial charge in [0, 0.05) is 24.7 Å². The van der Waals surface area contributed by atoms with E-state index in [9.17, 15) is 9.50 Å². The lowest BCUT2D eigenvalue weighted by Crippen LogP contribution is -2.39. The van der Waals surface area contributed by atoms with Crippen LogP contribution in [0.1, 0.15) is 19.4 Å². The molecule has 4 heteroatoms. The minimum atomic E-state index is -0.635. The van der Waals surface area contributed by atoms with Gasteiger partial charge in [-0.15, -0.1) is 0 Å². The molecule has 1 N–H and O–H groups in total. The van der Waals surface area contributed by atoms with Gasteiger partial charge in [-0.05, 0) is 32.0 Å². The molecule has 0 aliphatic carbocycles. The first-order valence-electron chi connectivity index (χ1n) is 7.89. The Balaban J connectivity index is 1.90. The fourth-order valence-electron chi connectivity index (χ4n) is 2.34. The predicted molar refractivity (Wildman–Crippen MR) is 89.9 cm³/mol. The summed E-state index contributed by atoms with van der Waals surface area (Å²) in [7, 11) is 0. The minimum Gasteiger partial charge on any atom is -0.491 e. The molecule has 0 aliphatic heterocycles. The Hall–Kier alpha value is -1.91. The number of aliphatic hydroxyl groups excluding tert-OH is 1. The van der Waals surface area contributed by atoms with Gasteiger partial charge in [-0.3, -0.25) is 4.90 Å². The van der Waals surface area contributed by atoms with Crippen LogP contribution in [0.3, 0.4) is 0 Å². The van der Waals surface area contributed by atoms with Gasteiger partial charge in [0.2, 0.25) is 0 Å². The van der Waals surface area contributed by atoms with Crippen molar-refractivity contribution in [2.75, 3.05) is 13.2 Å². The molecule has 3 nitrogen and oxygen atoms in total. The summed E-state index contributed by atoms with van der Waals surface area (Å²) in [5, 5.41) is 10.2. The van der Waals surface area contributed by atoms with Gasteiger partial charge in [0.05, 0.1) is 0 Å². The summed E-state index contributed by atoms with van der Waals surface area (Å²) >= 11 is 0. The summed E-state index contributed by atoms with van der Waals surface area (Å²) in [5.41, 5.74) is 0.636. The van der Waals surface area contributed by atoms with Crippen LogP contribution >= 0.6 is 0 Å². The summed E-state index contributed by atoms with van der Waals surface area (Å²) in [5.74, 6) is 0.518. The molecule has 0 aromatic heterocycles. The van der Waals surface area contributed by atoms with Gasteiger partial charge in [0.25, 0.3) is 0 Å². The van der Waals surface area contributed by atoms with Crippen molar-refractivity contribution in [3.8, 4) is 5.75 Å². The van der Waals surface area contributed by atoms with Crippen molar-refractivity contribution in [1.82, 2.24) is 4.90 Å². The topological polar surface area (TPSA) is 32.7 Å². The number of hydrogen-bond acceptors (Lipinski definition) is 3. The molecule has 2 aromatic rings. The number of nitrogens with zero attached hydrogens (tertiary/aromatic N) is 1. The van der Waals surface area contributed by atoms with Crippen LogP contribution in [0.2, 0.25) is 0 Å². The van der Waals surface area contributed by atoms with E-state index in [0.29, 0.717) is 18.7 Å². The SMILES string of the molecule is CC(C)N(Cc1ccccc1F)C[C@@H](O)COc1ccccc1. The van der Waals surface area contributed by atoms with Crippen LogP contribution in [0.5, 0.6) is 5.75 Å². The summed E-state index contributed by atoms with van der Waals surface area (Å²) in [6.45, 7) is 5.17. The Labute approximate surface area is 137 Å². The Bertz CT molecular complexity index is 589. The highest BCUT2D eigenvalue weighted by Gasteiger charge is 2.17. The summed E-state index contributed by atoms with van der Waals surface area (Å²) in [6.07, 6.45) is -0.635. The van der Waals surface area contributed by atoms with Gasteiger partial charge in [-0.25, -0.2) is 4.39 Å². The van der Waals surface area contributed by atoms with E-state index in [1.807, 2.05) is 55.1 Å². The highest BCUT2D eigenvalue weighted by Crippen LogP contribution is 2.13. The molecule has 23 heavy (non-hydrogen) atoms.